The van der Waals surface area contributed by atoms with Gasteiger partial charge in [-0.25, -0.2) is 25.3 Å². The number of fused-ring (bicyclic) bond motifs is 4. The van der Waals surface area contributed by atoms with Gasteiger partial charge in [0.2, 0.25) is 0 Å². The molecule has 1 aromatic heterocycles. The van der Waals surface area contributed by atoms with Crippen molar-refractivity contribution in [2.45, 2.75) is 21.6 Å². The summed E-state index contributed by atoms with van der Waals surface area (Å²) in [5.74, 6) is -0.718. The number of hydrogen-bond donors (Lipinski definition) is 3. The Bertz CT molecular complexity index is 3590. The number of phenols is 1. The minimum Gasteiger partial charge on any atom is -0.744 e. The van der Waals surface area contributed by atoms with Crippen LogP contribution in [0, 0.1) is 6.92 Å². The number of azo groups is 3. The molecule has 0 aliphatic rings. The standard InChI is InChI=1S/C39H28N8O10S3.3Na/c1-20-14-22-15-23(4-10-33(22)41-20)42-43-24-3-2-21-16-37(60(55,56)57)38(39(48)29(21)17-24)47-46-34-12-13-36(31-19-26(59(52,53)54)6-8-28(31)34)45-44-35-11-9-32(40)27-7-5-25(18-30(27)35)58(49,50)51;;;/h2-19,41,48H,40H2,1H3,(H,49,50,51)(H,52,53,54)(H,55,56,57);;;/q;3*+1/p-3. The van der Waals surface area contributed by atoms with Crippen molar-refractivity contribution in [2.24, 2.45) is 30.7 Å². The second kappa shape index (κ2) is 19.2. The Hall–Kier alpha value is -4.01. The molecule has 4 N–H and O–H groups in total. The maximum atomic E-state index is 12.5. The first-order valence-corrected chi connectivity index (χ1v) is 21.5. The van der Waals surface area contributed by atoms with Gasteiger partial charge in [0.1, 0.15) is 36.0 Å². The molecule has 8 rings (SSSR count). The number of aryl methyl sites for hydroxylation is 1. The number of nitrogens with zero attached hydrogens (tertiary/aromatic N) is 6. The van der Waals surface area contributed by atoms with Crippen molar-refractivity contribution >= 4 is 113 Å². The van der Waals surface area contributed by atoms with E-state index >= 15 is 0 Å². The second-order valence-electron chi connectivity index (χ2n) is 13.4. The van der Waals surface area contributed by atoms with Crippen LogP contribution in [0.4, 0.5) is 39.8 Å². The molecule has 18 nitrogen and oxygen atoms in total. The average Bonchev–Trinajstić information content (AvgIpc) is 3.57. The molecular formula is C39H25N8Na3O10S3. The molecule has 0 aliphatic heterocycles. The summed E-state index contributed by atoms with van der Waals surface area (Å²) < 4.78 is 109. The first-order chi connectivity index (χ1) is 28.3. The van der Waals surface area contributed by atoms with Crippen LogP contribution in [0.15, 0.2) is 155 Å². The smallest absolute Gasteiger partial charge is 0.744 e. The summed E-state index contributed by atoms with van der Waals surface area (Å²) in [4.78, 5) is 1.13. The van der Waals surface area contributed by atoms with Gasteiger partial charge in [0.05, 0.1) is 43.1 Å². The SMILES string of the molecule is Cc1cc2cc(N=Nc3ccc4cc(S(=O)(=O)[O-])c(N=Nc5ccc(N=Nc6ccc(N)c7ccc(S(=O)(=O)[O-])cc67)c6cc(S(=O)(=O)[O-])ccc56)c(O)c4c3)ccc2[nH]1.[Na+].[Na+].[Na+]. The second-order valence-corrected chi connectivity index (χ2v) is 17.5. The van der Waals surface area contributed by atoms with Gasteiger partial charge in [-0.1, -0.05) is 18.2 Å². The van der Waals surface area contributed by atoms with E-state index in [1.807, 2.05) is 25.1 Å². The van der Waals surface area contributed by atoms with Crippen LogP contribution in [-0.4, -0.2) is 49.0 Å². The van der Waals surface area contributed by atoms with Gasteiger partial charge >= 0.3 is 88.7 Å². The molecule has 302 valence electrons. The molecule has 24 heteroatoms. The monoisotopic (exact) mass is 930 g/mol. The summed E-state index contributed by atoms with van der Waals surface area (Å²) in [6, 6.07) is 25.1. The molecule has 0 fully saturated rings. The van der Waals surface area contributed by atoms with Crippen LogP contribution in [-0.2, 0) is 30.4 Å². The number of rotatable bonds is 9. The summed E-state index contributed by atoms with van der Waals surface area (Å²) in [7, 11) is -15.1. The van der Waals surface area contributed by atoms with Gasteiger partial charge in [0.25, 0.3) is 0 Å². The summed E-state index contributed by atoms with van der Waals surface area (Å²) in [5.41, 5.74) is 8.30. The fraction of sp³-hybridized carbons (Fsp3) is 0.0256. The molecule has 1 heterocycles. The molecule has 0 aliphatic carbocycles. The predicted octanol–water partition coefficient (Wildman–Crippen LogP) is 0.194. The van der Waals surface area contributed by atoms with Gasteiger partial charge < -0.3 is 29.5 Å². The summed E-state index contributed by atoms with van der Waals surface area (Å²) in [6.07, 6.45) is 0. The number of aromatic hydroxyl groups is 1. The van der Waals surface area contributed by atoms with Crippen molar-refractivity contribution in [3.63, 3.8) is 0 Å². The van der Waals surface area contributed by atoms with Crippen LogP contribution in [0.2, 0.25) is 0 Å². The van der Waals surface area contributed by atoms with Crippen LogP contribution in [0.1, 0.15) is 5.69 Å². The molecule has 0 amide bonds. The number of aromatic nitrogens is 1. The van der Waals surface area contributed by atoms with Gasteiger partial charge in [0.15, 0.2) is 5.75 Å². The normalized spacial score (nSPS) is 12.4. The Kier molecular flexibility index (Phi) is 15.3. The van der Waals surface area contributed by atoms with Gasteiger partial charge in [0, 0.05) is 49.2 Å². The zero-order chi connectivity index (χ0) is 42.7. The molecular weight excluding hydrogens is 906 g/mol. The maximum Gasteiger partial charge on any atom is 1.00 e. The summed E-state index contributed by atoms with van der Waals surface area (Å²) in [6.45, 7) is 1.92. The number of nitrogen functional groups attached to an aromatic ring is 1. The minimum absolute atomic E-state index is 0. The first kappa shape index (κ1) is 50.0. The van der Waals surface area contributed by atoms with Gasteiger partial charge in [-0.15, -0.1) is 20.5 Å². The molecule has 0 bridgehead atoms. The number of aromatic amines is 1. The topological polar surface area (TPSA) is 308 Å². The van der Waals surface area contributed by atoms with Crippen molar-refractivity contribution < 1.29 is 133 Å². The Labute approximate surface area is 425 Å². The molecule has 63 heavy (non-hydrogen) atoms. The number of anilines is 1. The van der Waals surface area contributed by atoms with Crippen LogP contribution >= 0.6 is 0 Å². The Morgan fingerprint density at radius 3 is 1.63 bits per heavy atom. The predicted molar refractivity (Wildman–Crippen MR) is 217 cm³/mol. The van der Waals surface area contributed by atoms with Crippen LogP contribution in [0.5, 0.6) is 5.75 Å². The number of nitrogens with one attached hydrogen (secondary N) is 1. The first-order valence-electron chi connectivity index (χ1n) is 17.2. The Morgan fingerprint density at radius 2 is 1.03 bits per heavy atom. The van der Waals surface area contributed by atoms with Crippen LogP contribution in [0.3, 0.4) is 0 Å². The van der Waals surface area contributed by atoms with Crippen LogP contribution < -0.4 is 94.4 Å². The van der Waals surface area contributed by atoms with E-state index in [1.165, 1.54) is 54.6 Å². The number of phenolic OH excluding ortho intramolecular Hbond substituents is 1. The quantitative estimate of drug-likeness (QED) is 0.0760. The molecule has 0 atom stereocenters. The van der Waals surface area contributed by atoms with E-state index in [1.54, 1.807) is 6.07 Å². The number of benzene rings is 7. The molecule has 0 spiro atoms. The third kappa shape index (κ3) is 10.6. The van der Waals surface area contributed by atoms with Crippen LogP contribution in [0.25, 0.3) is 43.2 Å². The number of hydrogen-bond acceptors (Lipinski definition) is 17. The fourth-order valence-electron chi connectivity index (χ4n) is 6.54. The van der Waals surface area contributed by atoms with E-state index in [4.69, 9.17) is 5.73 Å². The van der Waals surface area contributed by atoms with E-state index in [-0.39, 0.29) is 144 Å². The molecule has 7 aromatic carbocycles. The van der Waals surface area contributed by atoms with Crippen molar-refractivity contribution in [1.29, 1.82) is 0 Å². The van der Waals surface area contributed by atoms with E-state index in [0.717, 1.165) is 46.9 Å². The fourth-order valence-corrected chi connectivity index (χ4v) is 8.18. The summed E-state index contributed by atoms with van der Waals surface area (Å²) in [5, 5.41) is 38.2. The number of nitrogens with two attached hydrogens (primary N) is 1. The van der Waals surface area contributed by atoms with Crippen molar-refractivity contribution in [1.82, 2.24) is 4.98 Å². The molecule has 0 saturated carbocycles. The van der Waals surface area contributed by atoms with E-state index in [2.05, 4.69) is 35.7 Å². The average molecular weight is 931 g/mol. The van der Waals surface area contributed by atoms with E-state index in [0.29, 0.717) is 11.1 Å². The molecule has 0 radical (unpaired) electrons. The maximum absolute atomic E-state index is 12.5. The molecule has 8 aromatic rings. The van der Waals surface area contributed by atoms with Crippen molar-refractivity contribution in [3.8, 4) is 5.75 Å². The Morgan fingerprint density at radius 1 is 0.508 bits per heavy atom. The van der Waals surface area contributed by atoms with E-state index in [9.17, 15) is 44.0 Å². The van der Waals surface area contributed by atoms with Crippen molar-refractivity contribution in [3.05, 3.63) is 115 Å². The van der Waals surface area contributed by atoms with Gasteiger partial charge in [-0.3, -0.25) is 0 Å². The Balaban J connectivity index is 0.00000249. The summed E-state index contributed by atoms with van der Waals surface area (Å²) >= 11 is 0. The van der Waals surface area contributed by atoms with Gasteiger partial charge in [-0.2, -0.15) is 10.2 Å². The van der Waals surface area contributed by atoms with Crippen molar-refractivity contribution in [2.75, 3.05) is 5.73 Å². The minimum atomic E-state index is -5.25. The van der Waals surface area contributed by atoms with Gasteiger partial charge in [-0.05, 0) is 103 Å². The molecule has 0 saturated heterocycles. The zero-order valence-corrected chi connectivity index (χ0v) is 41.9. The molecule has 0 unspecified atom stereocenters. The largest absolute Gasteiger partial charge is 1.00 e. The number of H-pyrrole nitrogens is 1. The third-order valence-corrected chi connectivity index (χ3v) is 11.9. The zero-order valence-electron chi connectivity index (χ0n) is 33.5. The van der Waals surface area contributed by atoms with E-state index < -0.39 is 56.5 Å². The third-order valence-electron chi connectivity index (χ3n) is 9.37.